The Hall–Kier alpha value is -2.87. The van der Waals surface area contributed by atoms with Gasteiger partial charge in [-0.3, -0.25) is 0 Å². The average Bonchev–Trinajstić information content (AvgIpc) is 3.13. The van der Waals surface area contributed by atoms with Crippen molar-refractivity contribution in [3.63, 3.8) is 0 Å². The molecule has 0 saturated carbocycles. The van der Waals surface area contributed by atoms with Crippen LogP contribution in [0.4, 0.5) is 5.69 Å². The largest absolute Gasteiger partial charge is 0.342 e. The molecule has 1 aliphatic rings. The molecule has 0 spiro atoms. The van der Waals surface area contributed by atoms with E-state index in [-0.39, 0.29) is 10.8 Å². The second-order valence-corrected chi connectivity index (χ2v) is 8.44. The smallest absolute Gasteiger partial charge is 0.243 e. The number of hydrogen-bond donors (Lipinski definition) is 1. The summed E-state index contributed by atoms with van der Waals surface area (Å²) in [4.78, 5) is 10.9. The van der Waals surface area contributed by atoms with Crippen molar-refractivity contribution >= 4 is 26.7 Å². The minimum atomic E-state index is -3.56. The molecule has 0 unspecified atom stereocenters. The summed E-state index contributed by atoms with van der Waals surface area (Å²) in [5.41, 5.74) is 10.8. The second-order valence-electron chi connectivity index (χ2n) is 6.50. The summed E-state index contributed by atoms with van der Waals surface area (Å²) in [6.45, 7) is 0.893. The van der Waals surface area contributed by atoms with E-state index in [2.05, 4.69) is 20.0 Å². The first kappa shape index (κ1) is 17.5. The number of azide groups is 1. The lowest BCUT2D eigenvalue weighted by Gasteiger charge is -2.30. The van der Waals surface area contributed by atoms with Crippen LogP contribution in [-0.2, 0) is 10.0 Å². The molecule has 1 aliphatic heterocycles. The third-order valence-corrected chi connectivity index (χ3v) is 6.80. The molecule has 0 aliphatic carbocycles. The van der Waals surface area contributed by atoms with Gasteiger partial charge in [0, 0.05) is 29.6 Å². The molecule has 0 bridgehead atoms. The lowest BCUT2D eigenvalue weighted by molar-refractivity contribution is 0.314. The van der Waals surface area contributed by atoms with Gasteiger partial charge in [-0.05, 0) is 42.6 Å². The highest BCUT2D eigenvalue weighted by Gasteiger charge is 2.31. The van der Waals surface area contributed by atoms with E-state index < -0.39 is 10.0 Å². The Morgan fingerprint density at radius 1 is 1.11 bits per heavy atom. The van der Waals surface area contributed by atoms with Crippen molar-refractivity contribution in [1.29, 1.82) is 0 Å². The SMILES string of the molecule is [N-]=[N+]=Nc1ccc(S(=O)(=O)N2CCC(c3nc4ccccc4[nH]3)CC2)cc1. The summed E-state index contributed by atoms with van der Waals surface area (Å²) in [7, 11) is -3.56. The molecule has 2 aromatic carbocycles. The van der Waals surface area contributed by atoms with Gasteiger partial charge in [0.15, 0.2) is 0 Å². The van der Waals surface area contributed by atoms with Crippen molar-refractivity contribution in [2.24, 2.45) is 5.11 Å². The molecular formula is C18H18N6O2S. The monoisotopic (exact) mass is 382 g/mol. The molecular weight excluding hydrogens is 364 g/mol. The molecule has 2 heterocycles. The number of H-pyrrole nitrogens is 1. The summed E-state index contributed by atoms with van der Waals surface area (Å²) >= 11 is 0. The van der Waals surface area contributed by atoms with E-state index in [9.17, 15) is 8.42 Å². The van der Waals surface area contributed by atoms with Gasteiger partial charge in [0.2, 0.25) is 10.0 Å². The Labute approximate surface area is 156 Å². The molecule has 0 amide bonds. The maximum absolute atomic E-state index is 12.8. The Kier molecular flexibility index (Phi) is 4.57. The molecule has 0 radical (unpaired) electrons. The maximum Gasteiger partial charge on any atom is 0.243 e. The van der Waals surface area contributed by atoms with Crippen molar-refractivity contribution in [3.8, 4) is 0 Å². The minimum Gasteiger partial charge on any atom is -0.342 e. The van der Waals surface area contributed by atoms with E-state index in [1.165, 1.54) is 28.6 Å². The number of sulfonamides is 1. The average molecular weight is 382 g/mol. The van der Waals surface area contributed by atoms with E-state index in [1.807, 2.05) is 24.3 Å². The van der Waals surface area contributed by atoms with Crippen LogP contribution in [0, 0.1) is 0 Å². The maximum atomic E-state index is 12.8. The lowest BCUT2D eigenvalue weighted by Crippen LogP contribution is -2.38. The third-order valence-electron chi connectivity index (χ3n) is 4.88. The Morgan fingerprint density at radius 2 is 1.81 bits per heavy atom. The molecule has 0 atom stereocenters. The van der Waals surface area contributed by atoms with Crippen LogP contribution in [0.3, 0.4) is 0 Å². The van der Waals surface area contributed by atoms with E-state index in [0.29, 0.717) is 18.8 Å². The van der Waals surface area contributed by atoms with E-state index >= 15 is 0 Å². The Bertz CT molecular complexity index is 1080. The van der Waals surface area contributed by atoms with Gasteiger partial charge in [0.25, 0.3) is 0 Å². The summed E-state index contributed by atoms with van der Waals surface area (Å²) in [6, 6.07) is 13.8. The predicted octanol–water partition coefficient (Wildman–Crippen LogP) is 4.07. The van der Waals surface area contributed by atoms with E-state index in [4.69, 9.17) is 5.53 Å². The molecule has 138 valence electrons. The van der Waals surface area contributed by atoms with Gasteiger partial charge in [-0.15, -0.1) is 0 Å². The first-order chi connectivity index (χ1) is 13.1. The summed E-state index contributed by atoms with van der Waals surface area (Å²) < 4.78 is 27.2. The Balaban J connectivity index is 1.48. The number of imidazole rings is 1. The minimum absolute atomic E-state index is 0.210. The molecule has 1 fully saturated rings. The summed E-state index contributed by atoms with van der Waals surface area (Å²) in [5, 5.41) is 3.47. The Morgan fingerprint density at radius 3 is 2.48 bits per heavy atom. The van der Waals surface area contributed by atoms with Gasteiger partial charge < -0.3 is 4.98 Å². The lowest BCUT2D eigenvalue weighted by atomic mass is 9.97. The van der Waals surface area contributed by atoms with Crippen LogP contribution in [0.25, 0.3) is 21.5 Å². The zero-order valence-corrected chi connectivity index (χ0v) is 15.3. The fraction of sp³-hybridized carbons (Fsp3) is 0.278. The van der Waals surface area contributed by atoms with Crippen LogP contribution in [0.5, 0.6) is 0 Å². The molecule has 8 nitrogen and oxygen atoms in total. The summed E-state index contributed by atoms with van der Waals surface area (Å²) in [5.74, 6) is 1.14. The molecule has 27 heavy (non-hydrogen) atoms. The number of hydrogen-bond acceptors (Lipinski definition) is 4. The number of benzene rings is 2. The quantitative estimate of drug-likeness (QED) is 0.416. The predicted molar refractivity (Wildman–Crippen MR) is 102 cm³/mol. The van der Waals surface area contributed by atoms with Crippen molar-refractivity contribution in [2.75, 3.05) is 13.1 Å². The van der Waals surface area contributed by atoms with Crippen LogP contribution in [0.2, 0.25) is 0 Å². The summed E-state index contributed by atoms with van der Waals surface area (Å²) in [6.07, 6.45) is 1.44. The topological polar surface area (TPSA) is 115 Å². The van der Waals surface area contributed by atoms with Crippen LogP contribution in [0.1, 0.15) is 24.6 Å². The fourth-order valence-corrected chi connectivity index (χ4v) is 4.89. The van der Waals surface area contributed by atoms with Crippen molar-refractivity contribution in [1.82, 2.24) is 14.3 Å². The first-order valence-corrected chi connectivity index (χ1v) is 10.1. The third kappa shape index (κ3) is 3.40. The number of aromatic nitrogens is 2. The fourth-order valence-electron chi connectivity index (χ4n) is 3.42. The van der Waals surface area contributed by atoms with E-state index in [1.54, 1.807) is 0 Å². The zero-order chi connectivity index (χ0) is 18.9. The molecule has 9 heteroatoms. The van der Waals surface area contributed by atoms with Gasteiger partial charge in [0.1, 0.15) is 5.82 Å². The van der Waals surface area contributed by atoms with Gasteiger partial charge in [0.05, 0.1) is 15.9 Å². The number of aromatic amines is 1. The van der Waals surface area contributed by atoms with Crippen molar-refractivity contribution in [2.45, 2.75) is 23.7 Å². The standard InChI is InChI=1S/C18H18N6O2S/c19-23-22-14-5-7-15(8-6-14)27(25,26)24-11-9-13(10-12-24)18-20-16-3-1-2-4-17(16)21-18/h1-8,13H,9-12H2,(H,20,21). The first-order valence-electron chi connectivity index (χ1n) is 8.68. The number of rotatable bonds is 4. The number of nitrogens with zero attached hydrogens (tertiary/aromatic N) is 5. The number of para-hydroxylation sites is 2. The molecule has 1 saturated heterocycles. The van der Waals surface area contributed by atoms with Gasteiger partial charge >= 0.3 is 0 Å². The number of fused-ring (bicyclic) bond motifs is 1. The zero-order valence-electron chi connectivity index (χ0n) is 14.5. The highest BCUT2D eigenvalue weighted by atomic mass is 32.2. The van der Waals surface area contributed by atoms with Crippen molar-refractivity contribution in [3.05, 3.63) is 64.8 Å². The van der Waals surface area contributed by atoms with Crippen LogP contribution >= 0.6 is 0 Å². The highest BCUT2D eigenvalue weighted by Crippen LogP contribution is 2.30. The van der Waals surface area contributed by atoms with Gasteiger partial charge in [-0.2, -0.15) is 4.31 Å². The van der Waals surface area contributed by atoms with Gasteiger partial charge in [-0.25, -0.2) is 13.4 Å². The van der Waals surface area contributed by atoms with E-state index in [0.717, 1.165) is 29.7 Å². The number of nitrogens with one attached hydrogen (secondary N) is 1. The molecule has 4 rings (SSSR count). The van der Waals surface area contributed by atoms with Crippen LogP contribution in [-0.4, -0.2) is 35.8 Å². The van der Waals surface area contributed by atoms with Crippen LogP contribution < -0.4 is 0 Å². The normalized spacial score (nSPS) is 16.3. The van der Waals surface area contributed by atoms with Gasteiger partial charge in [-0.1, -0.05) is 29.4 Å². The number of piperidine rings is 1. The molecule has 3 aromatic rings. The highest BCUT2D eigenvalue weighted by molar-refractivity contribution is 7.89. The van der Waals surface area contributed by atoms with Crippen molar-refractivity contribution < 1.29 is 8.42 Å². The van der Waals surface area contributed by atoms with Crippen LogP contribution in [0.15, 0.2) is 58.5 Å². The molecule has 1 N–H and O–H groups in total. The second kappa shape index (κ2) is 7.03. The molecule has 1 aromatic heterocycles.